The highest BCUT2D eigenvalue weighted by Crippen LogP contribution is 2.31. The number of rotatable bonds is 4. The Kier molecular flexibility index (Phi) is 4.18. The van der Waals surface area contributed by atoms with Crippen LogP contribution >= 0.6 is 0 Å². The summed E-state index contributed by atoms with van der Waals surface area (Å²) in [7, 11) is 0. The molecule has 6 nitrogen and oxygen atoms in total. The average molecular weight is 299 g/mol. The highest BCUT2D eigenvalue weighted by molar-refractivity contribution is 5.94. The Balaban J connectivity index is 1.61. The molecule has 114 valence electrons. The van der Waals surface area contributed by atoms with Gasteiger partial charge in [0, 0.05) is 18.9 Å². The minimum absolute atomic E-state index is 0.0267. The molecule has 22 heavy (non-hydrogen) atoms. The molecular formula is C16H17N3O3. The van der Waals surface area contributed by atoms with Gasteiger partial charge in [-0.25, -0.2) is 0 Å². The van der Waals surface area contributed by atoms with Crippen LogP contribution in [0.1, 0.15) is 35.0 Å². The second-order valence-electron chi connectivity index (χ2n) is 5.19. The van der Waals surface area contributed by atoms with E-state index >= 15 is 0 Å². The van der Waals surface area contributed by atoms with Gasteiger partial charge in [0.1, 0.15) is 0 Å². The number of hydrogen-bond acceptors (Lipinski definition) is 4. The van der Waals surface area contributed by atoms with Gasteiger partial charge in [0.15, 0.2) is 5.76 Å². The van der Waals surface area contributed by atoms with E-state index in [1.54, 1.807) is 24.5 Å². The first-order chi connectivity index (χ1) is 10.8. The zero-order valence-electron chi connectivity index (χ0n) is 12.1. The van der Waals surface area contributed by atoms with Crippen LogP contribution in [-0.4, -0.2) is 34.8 Å². The fourth-order valence-corrected chi connectivity index (χ4v) is 2.75. The molecule has 2 aromatic heterocycles. The molecule has 0 radical (unpaired) electrons. The van der Waals surface area contributed by atoms with E-state index in [1.807, 2.05) is 17.0 Å². The number of pyridine rings is 1. The Morgan fingerprint density at radius 3 is 2.86 bits per heavy atom. The van der Waals surface area contributed by atoms with E-state index in [0.29, 0.717) is 6.54 Å². The van der Waals surface area contributed by atoms with Crippen molar-refractivity contribution in [3.8, 4) is 0 Å². The van der Waals surface area contributed by atoms with Gasteiger partial charge in [-0.2, -0.15) is 0 Å². The number of furan rings is 1. The molecular weight excluding hydrogens is 282 g/mol. The Morgan fingerprint density at radius 2 is 2.14 bits per heavy atom. The normalized spacial score (nSPS) is 17.5. The molecule has 0 bridgehead atoms. The summed E-state index contributed by atoms with van der Waals surface area (Å²) in [6.07, 6.45) is 6.79. The summed E-state index contributed by atoms with van der Waals surface area (Å²) in [5.41, 5.74) is 1.08. The molecule has 1 fully saturated rings. The molecule has 1 saturated heterocycles. The van der Waals surface area contributed by atoms with Crippen molar-refractivity contribution in [3.05, 3.63) is 54.2 Å². The number of carbonyl (C=O) groups excluding carboxylic acids is 2. The number of likely N-dealkylation sites (tertiary alicyclic amines) is 1. The van der Waals surface area contributed by atoms with Crippen LogP contribution in [0.15, 0.2) is 47.3 Å². The Morgan fingerprint density at radius 1 is 1.32 bits per heavy atom. The number of hydrogen-bond donors (Lipinski definition) is 1. The van der Waals surface area contributed by atoms with Crippen molar-refractivity contribution < 1.29 is 14.0 Å². The summed E-state index contributed by atoms with van der Waals surface area (Å²) >= 11 is 0. The molecule has 0 unspecified atom stereocenters. The lowest BCUT2D eigenvalue weighted by molar-refractivity contribution is -0.131. The van der Waals surface area contributed by atoms with Gasteiger partial charge in [-0.15, -0.1) is 0 Å². The van der Waals surface area contributed by atoms with Crippen molar-refractivity contribution in [3.63, 3.8) is 0 Å². The van der Waals surface area contributed by atoms with Crippen molar-refractivity contribution in [1.82, 2.24) is 15.2 Å². The first-order valence-electron chi connectivity index (χ1n) is 7.27. The first kappa shape index (κ1) is 14.3. The van der Waals surface area contributed by atoms with E-state index in [0.717, 1.165) is 18.4 Å². The topological polar surface area (TPSA) is 75.4 Å². The molecule has 0 aliphatic carbocycles. The Hall–Kier alpha value is -2.63. The summed E-state index contributed by atoms with van der Waals surface area (Å²) in [4.78, 5) is 30.0. The molecule has 1 N–H and O–H groups in total. The van der Waals surface area contributed by atoms with Gasteiger partial charge in [-0.05, 0) is 42.7 Å². The third-order valence-electron chi connectivity index (χ3n) is 3.81. The van der Waals surface area contributed by atoms with E-state index in [2.05, 4.69) is 10.3 Å². The molecule has 3 rings (SSSR count). The molecule has 1 aliphatic heterocycles. The summed E-state index contributed by atoms with van der Waals surface area (Å²) in [5, 5.41) is 2.60. The summed E-state index contributed by atoms with van der Waals surface area (Å²) in [5.74, 6) is -0.253. The fraction of sp³-hybridized carbons (Fsp3) is 0.312. The minimum Gasteiger partial charge on any atom is -0.459 e. The highest BCUT2D eigenvalue weighted by Gasteiger charge is 2.29. The van der Waals surface area contributed by atoms with E-state index in [4.69, 9.17) is 4.42 Å². The van der Waals surface area contributed by atoms with Crippen molar-refractivity contribution in [1.29, 1.82) is 0 Å². The second-order valence-corrected chi connectivity index (χ2v) is 5.19. The number of nitrogens with zero attached hydrogens (tertiary/aromatic N) is 2. The maximum absolute atomic E-state index is 12.4. The lowest BCUT2D eigenvalue weighted by Crippen LogP contribution is -2.39. The number of carbonyl (C=O) groups is 2. The van der Waals surface area contributed by atoms with Crippen molar-refractivity contribution >= 4 is 11.8 Å². The number of amides is 2. The molecule has 2 aromatic rings. The molecule has 6 heteroatoms. The smallest absolute Gasteiger partial charge is 0.287 e. The molecule has 3 heterocycles. The van der Waals surface area contributed by atoms with Gasteiger partial charge in [0.2, 0.25) is 5.91 Å². The van der Waals surface area contributed by atoms with E-state index in [9.17, 15) is 9.59 Å². The van der Waals surface area contributed by atoms with Crippen LogP contribution in [-0.2, 0) is 4.79 Å². The van der Waals surface area contributed by atoms with Crippen LogP contribution in [0.5, 0.6) is 0 Å². The molecule has 1 aliphatic rings. The Labute approximate surface area is 128 Å². The molecule has 0 saturated carbocycles. The zero-order chi connectivity index (χ0) is 15.4. The molecule has 1 atom stereocenters. The third-order valence-corrected chi connectivity index (χ3v) is 3.81. The quantitative estimate of drug-likeness (QED) is 0.933. The maximum Gasteiger partial charge on any atom is 0.287 e. The lowest BCUT2D eigenvalue weighted by atomic mass is 10.1. The lowest BCUT2D eigenvalue weighted by Gasteiger charge is -2.25. The average Bonchev–Trinajstić information content (AvgIpc) is 3.24. The molecule has 2 amide bonds. The van der Waals surface area contributed by atoms with Crippen LogP contribution in [0, 0.1) is 0 Å². The van der Waals surface area contributed by atoms with Gasteiger partial charge in [-0.1, -0.05) is 0 Å². The van der Waals surface area contributed by atoms with Gasteiger partial charge in [-0.3, -0.25) is 14.6 Å². The predicted molar refractivity (Wildman–Crippen MR) is 79.0 cm³/mol. The van der Waals surface area contributed by atoms with E-state index in [-0.39, 0.29) is 30.2 Å². The van der Waals surface area contributed by atoms with Crippen molar-refractivity contribution in [2.75, 3.05) is 13.1 Å². The minimum atomic E-state index is -0.377. The van der Waals surface area contributed by atoms with Crippen LogP contribution in [0.3, 0.4) is 0 Å². The van der Waals surface area contributed by atoms with Crippen molar-refractivity contribution in [2.45, 2.75) is 18.9 Å². The number of nitrogens with one attached hydrogen (secondary N) is 1. The predicted octanol–water partition coefficient (Wildman–Crippen LogP) is 1.77. The third kappa shape index (κ3) is 3.00. The molecule has 0 aromatic carbocycles. The van der Waals surface area contributed by atoms with Crippen LogP contribution in [0.4, 0.5) is 0 Å². The monoisotopic (exact) mass is 299 g/mol. The summed E-state index contributed by atoms with van der Waals surface area (Å²) in [6.45, 7) is 0.684. The van der Waals surface area contributed by atoms with Gasteiger partial charge < -0.3 is 14.6 Å². The van der Waals surface area contributed by atoms with Crippen LogP contribution < -0.4 is 5.32 Å². The zero-order valence-corrected chi connectivity index (χ0v) is 12.1. The summed E-state index contributed by atoms with van der Waals surface area (Å²) in [6, 6.07) is 7.12. The maximum atomic E-state index is 12.4. The van der Waals surface area contributed by atoms with Gasteiger partial charge >= 0.3 is 0 Å². The van der Waals surface area contributed by atoms with Gasteiger partial charge in [0.05, 0.1) is 18.8 Å². The Bertz CT molecular complexity index is 640. The number of aromatic nitrogens is 1. The summed E-state index contributed by atoms with van der Waals surface area (Å²) < 4.78 is 5.00. The van der Waals surface area contributed by atoms with Crippen LogP contribution in [0.2, 0.25) is 0 Å². The molecule has 0 spiro atoms. The standard InChI is InChI=1S/C16H17N3O3/c20-15(11-18-16(21)14-4-2-10-22-14)19-9-1-3-13(19)12-5-7-17-8-6-12/h2,4-8,10,13H,1,3,9,11H2,(H,18,21)/t13-/m1/s1. The van der Waals surface area contributed by atoms with Crippen molar-refractivity contribution in [2.24, 2.45) is 0 Å². The van der Waals surface area contributed by atoms with Crippen LogP contribution in [0.25, 0.3) is 0 Å². The largest absolute Gasteiger partial charge is 0.459 e. The first-order valence-corrected chi connectivity index (χ1v) is 7.27. The fourth-order valence-electron chi connectivity index (χ4n) is 2.75. The van der Waals surface area contributed by atoms with E-state index in [1.165, 1.54) is 6.26 Å². The SMILES string of the molecule is O=C(NCC(=O)N1CCC[C@@H]1c1ccncc1)c1ccco1. The van der Waals surface area contributed by atoms with Gasteiger partial charge in [0.25, 0.3) is 5.91 Å². The van der Waals surface area contributed by atoms with E-state index < -0.39 is 0 Å². The highest BCUT2D eigenvalue weighted by atomic mass is 16.3. The second kappa shape index (κ2) is 6.43.